The fourth-order valence-corrected chi connectivity index (χ4v) is 51.6. The summed E-state index contributed by atoms with van der Waals surface area (Å²) in [5.41, 5.74) is 20.5. The number of thiophene rings is 7. The lowest BCUT2D eigenvalue weighted by Gasteiger charge is -2.27. The predicted molar refractivity (Wildman–Crippen MR) is 650 cm³/mol. The molecule has 4 aliphatic rings. The fraction of sp³-hybridized carbons (Fsp3) is 0.0312. The van der Waals surface area contributed by atoms with Crippen LogP contribution in [0.5, 0.6) is 0 Å². The average Bonchev–Trinajstić information content (AvgIpc) is 1.49. The molecule has 28 aromatic rings. The van der Waals surface area contributed by atoms with E-state index in [-0.39, 0.29) is 0 Å². The van der Waals surface area contributed by atoms with Crippen LogP contribution in [0.1, 0.15) is 0 Å². The van der Waals surface area contributed by atoms with E-state index in [1.54, 1.807) is 56.7 Å². The van der Waals surface area contributed by atoms with Gasteiger partial charge in [0, 0.05) is 179 Å². The minimum atomic E-state index is -3.33. The molecule has 9 nitrogen and oxygen atoms in total. The Bertz CT molecular complexity index is 9980. The average molecular weight is 2130 g/mol. The first-order chi connectivity index (χ1) is 73.2. The topological polar surface area (TPSA) is 116 Å². The van der Waals surface area contributed by atoms with Gasteiger partial charge in [0.15, 0.2) is 18.8 Å². The molecule has 0 N–H and O–H groups in total. The quantitative estimate of drug-likeness (QED) is 0.0982. The van der Waals surface area contributed by atoms with Gasteiger partial charge >= 0.3 is 0 Å². The van der Waals surface area contributed by atoms with Crippen LogP contribution in [0.25, 0.3) is 224 Å². The SMILES string of the molecule is C[Si]1(C)c2ccccc2-c2c3c(n(-c4nc(-c5ccccc5)nc(-c5ccccc5)n4)c21)[Si](C)(C)c1ccccc1-3.O=P1(c2ccc3sc4ccccc4c3c2)c2sc3ccccc3c2-c2c1sc1ccccc21.O=P1(c2nc(-c3ccccc3)cc(-c3ccccc3)n2)c2sc3ccccc3c2-c2c1sc1ccccc21.c1ccc(-c2cc(-p3c4sc5ccccc5c4c4c5ccccc5sc43)cc(-c3ccccc3)n2)cc1. The molecule has 0 fully saturated rings. The van der Waals surface area contributed by atoms with Gasteiger partial charge in [-0.25, -0.2) is 19.9 Å². The zero-order valence-electron chi connectivity index (χ0n) is 80.7. The summed E-state index contributed by atoms with van der Waals surface area (Å²) in [4.78, 5) is 30.8. The third-order valence-corrected chi connectivity index (χ3v) is 56.5. The highest BCUT2D eigenvalue weighted by atomic mass is 32.1. The fourth-order valence-electron chi connectivity index (χ4n) is 23.1. The Hall–Kier alpha value is -14.8. The van der Waals surface area contributed by atoms with Gasteiger partial charge in [-0.15, -0.1) is 79.4 Å². The van der Waals surface area contributed by atoms with Crippen molar-refractivity contribution in [2.24, 2.45) is 0 Å². The van der Waals surface area contributed by atoms with E-state index in [1.807, 2.05) is 138 Å². The molecular formula is C128H84N7O2P3S7Si2. The molecule has 16 aromatic carbocycles. The first kappa shape index (κ1) is 90.5. The molecule has 0 spiro atoms. The Balaban J connectivity index is 0.0000000937. The van der Waals surface area contributed by atoms with Gasteiger partial charge in [-0.1, -0.05) is 392 Å². The van der Waals surface area contributed by atoms with Crippen molar-refractivity contribution in [2.75, 3.05) is 0 Å². The lowest BCUT2D eigenvalue weighted by molar-refractivity contribution is 0.592. The van der Waals surface area contributed by atoms with E-state index in [0.29, 0.717) is 17.2 Å². The number of nitrogens with zero attached hydrogens (tertiary/aromatic N) is 7. The summed E-state index contributed by atoms with van der Waals surface area (Å²) < 4.78 is 50.4. The second-order valence-electron chi connectivity index (χ2n) is 39.1. The van der Waals surface area contributed by atoms with Crippen LogP contribution in [0.15, 0.2) is 437 Å². The van der Waals surface area contributed by atoms with Crippen LogP contribution in [0.4, 0.5) is 0 Å². The molecule has 21 heteroatoms. The second-order valence-corrected chi connectivity index (χ2v) is 64.1. The largest absolute Gasteiger partial charge is 0.307 e. The third-order valence-electron chi connectivity index (χ3n) is 29.8. The van der Waals surface area contributed by atoms with Crippen molar-refractivity contribution in [1.82, 2.24) is 34.5 Å². The third kappa shape index (κ3) is 14.2. The van der Waals surface area contributed by atoms with Crippen molar-refractivity contribution in [2.45, 2.75) is 26.2 Å². The second kappa shape index (κ2) is 35.5. The number of pyridine rings is 1. The van der Waals surface area contributed by atoms with Crippen molar-refractivity contribution in [3.8, 4) is 124 Å². The Labute approximate surface area is 889 Å². The first-order valence-electron chi connectivity index (χ1n) is 49.7. The number of hydrogen-bond donors (Lipinski definition) is 0. The first-order valence-corrected chi connectivity index (χ1v) is 66.2. The molecule has 4 aliphatic heterocycles. The highest BCUT2D eigenvalue weighted by Gasteiger charge is 2.53. The van der Waals surface area contributed by atoms with Crippen molar-refractivity contribution in [1.29, 1.82) is 0 Å². The van der Waals surface area contributed by atoms with Crippen molar-refractivity contribution in [3.05, 3.63) is 437 Å². The number of aromatic nitrogens is 7. The van der Waals surface area contributed by atoms with Crippen LogP contribution in [0.3, 0.4) is 0 Å². The molecule has 16 heterocycles. The van der Waals surface area contributed by atoms with Gasteiger partial charge in [-0.05, 0) is 100 Å². The number of fused-ring (bicyclic) bond motifs is 31. The zero-order valence-corrected chi connectivity index (χ0v) is 91.1. The van der Waals surface area contributed by atoms with Crippen LogP contribution in [0, 0.1) is 0 Å². The molecular weight excluding hydrogens is 2040 g/mol. The van der Waals surface area contributed by atoms with E-state index < -0.39 is 38.0 Å². The smallest absolute Gasteiger partial charge is 0.237 e. The molecule has 0 atom stereocenters. The van der Waals surface area contributed by atoms with E-state index in [2.05, 4.69) is 352 Å². The van der Waals surface area contributed by atoms with Gasteiger partial charge in [0.05, 0.1) is 50.1 Å². The summed E-state index contributed by atoms with van der Waals surface area (Å²) in [6.45, 7) is 9.95. The molecule has 149 heavy (non-hydrogen) atoms. The number of benzene rings is 16. The van der Waals surface area contributed by atoms with Crippen molar-refractivity contribution < 1.29 is 9.13 Å². The van der Waals surface area contributed by atoms with Crippen LogP contribution in [-0.2, 0) is 9.13 Å². The summed E-state index contributed by atoms with van der Waals surface area (Å²) in [6, 6.07) is 153. The van der Waals surface area contributed by atoms with Gasteiger partial charge in [-0.2, -0.15) is 9.97 Å². The van der Waals surface area contributed by atoms with Gasteiger partial charge in [0.1, 0.15) is 16.1 Å². The Kier molecular flexibility index (Phi) is 21.5. The standard InChI is InChI=1S/C35H30N4Si2.C33H20NPS2.C32H19N2OPS2.C28H15OPS3/c1-40(2)27-21-13-11-19-25(27)29-30-26-20-12-14-22-28(26)41(3,4)34(30)39(33(29)40)35-37-31(23-15-7-5-8-16-23)36-32(38-35)24-17-9-6-10-18-24;1-3-11-21(12-4-1)26-19-23(20-27(34-26)22-13-5-2-6-14-22)35-32-30(24-15-7-9-17-28(24)36-32)31-25-16-8-10-18-29(25)37-33(31)35;35-36(32-33-24(20-11-3-1-4-12-20)19-25(34-32)21-13-5-2-6-14-21)30-28(22-15-7-9-17-26(22)37-30)29-23-16-8-10-18-27(23)38-31(29)36;29-30(16-13-14-24-20(15-16)17-7-1-4-10-21(17)31-24)27-25(18-8-2-5-11-22(18)32-27)26-19-9-3-6-12-23(19)33-28(26)30/h5-22H,1-4H3;1-20H;1-19H;1-15H. The van der Waals surface area contributed by atoms with Crippen LogP contribution in [0.2, 0.25) is 26.2 Å². The van der Waals surface area contributed by atoms with Crippen molar-refractivity contribution in [3.63, 3.8) is 0 Å². The highest BCUT2D eigenvalue weighted by Crippen LogP contribution is 2.66. The molecule has 0 radical (unpaired) electrons. The Morgan fingerprint density at radius 3 is 0.933 bits per heavy atom. The Morgan fingerprint density at radius 1 is 0.248 bits per heavy atom. The molecule has 708 valence electrons. The molecule has 32 rings (SSSR count). The molecule has 12 aromatic heterocycles. The van der Waals surface area contributed by atoms with Crippen LogP contribution in [-0.4, -0.2) is 50.6 Å². The van der Waals surface area contributed by atoms with Crippen LogP contribution < -0.4 is 50.4 Å². The lowest BCUT2D eigenvalue weighted by atomic mass is 9.99. The summed E-state index contributed by atoms with van der Waals surface area (Å²) in [7, 11) is -11.2. The van der Waals surface area contributed by atoms with Gasteiger partial charge in [-0.3, -0.25) is 4.57 Å². The monoisotopic (exact) mass is 2120 g/mol. The molecule has 0 saturated heterocycles. The summed E-state index contributed by atoms with van der Waals surface area (Å²) in [6.07, 6.45) is 0. The predicted octanol–water partition coefficient (Wildman–Crippen LogP) is 32.7. The molecule has 0 saturated carbocycles. The van der Waals surface area contributed by atoms with Gasteiger partial charge in [0.25, 0.3) is 0 Å². The van der Waals surface area contributed by atoms with Crippen LogP contribution >= 0.6 is 101 Å². The maximum Gasteiger partial charge on any atom is 0.237 e. The number of rotatable bonds is 10. The molecule has 0 bridgehead atoms. The summed E-state index contributed by atoms with van der Waals surface area (Å²) in [5.74, 6) is 2.14. The van der Waals surface area contributed by atoms with Crippen molar-refractivity contribution >= 4 is 268 Å². The minimum Gasteiger partial charge on any atom is -0.307 e. The number of hydrogen-bond acceptors (Lipinski definition) is 15. The van der Waals surface area contributed by atoms with E-state index >= 15 is 9.13 Å². The molecule has 0 unspecified atom stereocenters. The lowest BCUT2D eigenvalue weighted by Crippen LogP contribution is -2.59. The maximum absolute atomic E-state index is 15.7. The molecule has 0 amide bonds. The summed E-state index contributed by atoms with van der Waals surface area (Å²) in [5, 5.41) is 21.0. The Morgan fingerprint density at radius 2 is 0.550 bits per heavy atom. The van der Waals surface area contributed by atoms with E-state index in [9.17, 15) is 0 Å². The molecule has 0 aliphatic carbocycles. The van der Waals surface area contributed by atoms with Gasteiger partial charge < -0.3 is 9.13 Å². The van der Waals surface area contributed by atoms with E-state index in [4.69, 9.17) is 29.9 Å². The van der Waals surface area contributed by atoms with Gasteiger partial charge in [0.2, 0.25) is 18.7 Å². The minimum absolute atomic E-state index is 0.413. The summed E-state index contributed by atoms with van der Waals surface area (Å²) >= 11 is 12.4. The zero-order chi connectivity index (χ0) is 99.3. The normalized spacial score (nSPS) is 13.8. The highest BCUT2D eigenvalue weighted by molar-refractivity contribution is 7.95. The maximum atomic E-state index is 15.7. The van der Waals surface area contributed by atoms with E-state index in [0.717, 1.165) is 117 Å². The van der Waals surface area contributed by atoms with E-state index in [1.165, 1.54) is 140 Å².